The summed E-state index contributed by atoms with van der Waals surface area (Å²) in [7, 11) is 4.03. The third-order valence-electron chi connectivity index (χ3n) is 4.72. The van der Waals surface area contributed by atoms with E-state index in [4.69, 9.17) is 29.4 Å². The van der Waals surface area contributed by atoms with Gasteiger partial charge in [-0.3, -0.25) is 4.84 Å². The molecule has 0 aromatic heterocycles. The van der Waals surface area contributed by atoms with Crippen LogP contribution in [0.15, 0.2) is 42.5 Å². The molecule has 1 saturated heterocycles. The SMILES string of the molecule is CN(C)C[C@@H]1C[C@@H]2c3ccccc3Oc3ccc(C(=O)O)cc3N2O1.O=C(O)C(=O)O. The Labute approximate surface area is 177 Å². The van der Waals surface area contributed by atoms with Gasteiger partial charge in [0.1, 0.15) is 17.5 Å². The standard InChI is InChI=1S/C19H20N2O4.C2H2O4/c1-20(2)11-13-10-15-14-5-3-4-6-17(14)24-18-8-7-12(19(22)23)9-16(18)21(15)25-13;3-1(4)2(5)6/h3-9,13,15H,10-11H2,1-2H3,(H,22,23);(H,3,4)(H,5,6)/t13-,15+;/m0./s1. The summed E-state index contributed by atoms with van der Waals surface area (Å²) < 4.78 is 6.06. The molecule has 0 bridgehead atoms. The van der Waals surface area contributed by atoms with E-state index >= 15 is 0 Å². The Bertz CT molecular complexity index is 995. The van der Waals surface area contributed by atoms with Crippen LogP contribution in [0.3, 0.4) is 0 Å². The summed E-state index contributed by atoms with van der Waals surface area (Å²) in [5.41, 5.74) is 1.92. The molecule has 2 atom stereocenters. The third-order valence-corrected chi connectivity index (χ3v) is 4.72. The van der Waals surface area contributed by atoms with Crippen LogP contribution in [0.2, 0.25) is 0 Å². The van der Waals surface area contributed by atoms with Gasteiger partial charge in [0.2, 0.25) is 0 Å². The number of carbonyl (C=O) groups is 3. The van der Waals surface area contributed by atoms with Crippen LogP contribution in [-0.4, -0.2) is 64.9 Å². The van der Waals surface area contributed by atoms with Crippen molar-refractivity contribution in [2.24, 2.45) is 0 Å². The summed E-state index contributed by atoms with van der Waals surface area (Å²) in [6.07, 6.45) is 0.849. The van der Waals surface area contributed by atoms with Gasteiger partial charge >= 0.3 is 17.9 Å². The summed E-state index contributed by atoms with van der Waals surface area (Å²) in [4.78, 5) is 37.9. The number of fused-ring (bicyclic) bond motifs is 5. The van der Waals surface area contributed by atoms with Gasteiger partial charge in [-0.2, -0.15) is 0 Å². The number of carboxylic acids is 3. The molecule has 164 valence electrons. The van der Waals surface area contributed by atoms with Gasteiger partial charge in [0.05, 0.1) is 11.6 Å². The van der Waals surface area contributed by atoms with Crippen LogP contribution in [0.5, 0.6) is 11.5 Å². The maximum Gasteiger partial charge on any atom is 0.414 e. The van der Waals surface area contributed by atoms with E-state index in [-0.39, 0.29) is 17.7 Å². The molecule has 0 amide bonds. The topological polar surface area (TPSA) is 137 Å². The summed E-state index contributed by atoms with van der Waals surface area (Å²) in [6, 6.07) is 12.8. The zero-order valence-corrected chi connectivity index (χ0v) is 16.9. The molecule has 0 aliphatic carbocycles. The summed E-state index contributed by atoms with van der Waals surface area (Å²) in [5, 5.41) is 25.9. The Morgan fingerprint density at radius 3 is 2.32 bits per heavy atom. The highest BCUT2D eigenvalue weighted by Crippen LogP contribution is 2.49. The molecular weight excluding hydrogens is 408 g/mol. The first-order valence-electron chi connectivity index (χ1n) is 9.38. The lowest BCUT2D eigenvalue weighted by molar-refractivity contribution is -0.159. The van der Waals surface area contributed by atoms with Crippen LogP contribution in [0.1, 0.15) is 28.4 Å². The third kappa shape index (κ3) is 4.93. The van der Waals surface area contributed by atoms with Crippen LogP contribution < -0.4 is 9.80 Å². The minimum absolute atomic E-state index is 0.00792. The fraction of sp³-hybridized carbons (Fsp3) is 0.286. The number of nitrogens with zero attached hydrogens (tertiary/aromatic N) is 2. The minimum Gasteiger partial charge on any atom is -0.478 e. The molecule has 0 spiro atoms. The van der Waals surface area contributed by atoms with Crippen molar-refractivity contribution in [2.45, 2.75) is 18.6 Å². The van der Waals surface area contributed by atoms with Crippen molar-refractivity contribution in [3.05, 3.63) is 53.6 Å². The molecule has 0 saturated carbocycles. The second kappa shape index (κ2) is 9.02. The first kappa shape index (κ1) is 22.1. The van der Waals surface area contributed by atoms with Gasteiger partial charge in [-0.25, -0.2) is 19.4 Å². The maximum absolute atomic E-state index is 11.4. The number of benzene rings is 2. The number of aliphatic carboxylic acids is 2. The summed E-state index contributed by atoms with van der Waals surface area (Å²) in [5.74, 6) is -3.23. The van der Waals surface area contributed by atoms with E-state index in [1.54, 1.807) is 18.2 Å². The first-order chi connectivity index (χ1) is 14.7. The molecular formula is C21H22N2O8. The van der Waals surface area contributed by atoms with Crippen LogP contribution in [-0.2, 0) is 14.4 Å². The zero-order chi connectivity index (χ0) is 22.7. The number of likely N-dealkylation sites (N-methyl/N-ethyl adjacent to an activating group) is 1. The quantitative estimate of drug-likeness (QED) is 0.623. The number of rotatable bonds is 3. The van der Waals surface area contributed by atoms with Gasteiger partial charge in [0, 0.05) is 18.5 Å². The molecule has 2 aromatic rings. The van der Waals surface area contributed by atoms with Gasteiger partial charge in [0.25, 0.3) is 0 Å². The van der Waals surface area contributed by atoms with E-state index in [9.17, 15) is 9.90 Å². The molecule has 2 aliphatic heterocycles. The predicted molar refractivity (Wildman–Crippen MR) is 108 cm³/mol. The van der Waals surface area contributed by atoms with Crippen molar-refractivity contribution >= 4 is 23.6 Å². The van der Waals surface area contributed by atoms with Crippen LogP contribution in [0.25, 0.3) is 0 Å². The Hall–Kier alpha value is -3.63. The number of para-hydroxylation sites is 1. The average molecular weight is 430 g/mol. The molecule has 0 unspecified atom stereocenters. The van der Waals surface area contributed by atoms with Gasteiger partial charge in [0.15, 0.2) is 5.75 Å². The molecule has 2 aliphatic rings. The van der Waals surface area contributed by atoms with Crippen LogP contribution in [0, 0.1) is 0 Å². The summed E-state index contributed by atoms with van der Waals surface area (Å²) >= 11 is 0. The van der Waals surface area contributed by atoms with Gasteiger partial charge in [-0.15, -0.1) is 0 Å². The van der Waals surface area contributed by atoms with Crippen LogP contribution >= 0.6 is 0 Å². The second-order valence-corrected chi connectivity index (χ2v) is 7.30. The van der Waals surface area contributed by atoms with Gasteiger partial charge < -0.3 is 25.0 Å². The lowest BCUT2D eigenvalue weighted by Crippen LogP contribution is -2.27. The minimum atomic E-state index is -1.82. The lowest BCUT2D eigenvalue weighted by atomic mass is 10.0. The fourth-order valence-electron chi connectivity index (χ4n) is 3.49. The first-order valence-corrected chi connectivity index (χ1v) is 9.38. The van der Waals surface area contributed by atoms with Crippen molar-refractivity contribution in [3.8, 4) is 11.5 Å². The number of hydroxylamine groups is 1. The monoisotopic (exact) mass is 430 g/mol. The highest BCUT2D eigenvalue weighted by Gasteiger charge is 2.40. The van der Waals surface area contributed by atoms with E-state index in [1.165, 1.54) is 0 Å². The Kier molecular flexibility index (Phi) is 6.42. The van der Waals surface area contributed by atoms with Crippen molar-refractivity contribution in [3.63, 3.8) is 0 Å². The van der Waals surface area contributed by atoms with E-state index in [2.05, 4.69) is 4.90 Å². The van der Waals surface area contributed by atoms with Crippen LogP contribution in [0.4, 0.5) is 5.69 Å². The molecule has 10 nitrogen and oxygen atoms in total. The molecule has 2 aromatic carbocycles. The largest absolute Gasteiger partial charge is 0.478 e. The highest BCUT2D eigenvalue weighted by atomic mass is 16.7. The number of hydrogen-bond donors (Lipinski definition) is 3. The smallest absolute Gasteiger partial charge is 0.414 e. The number of aromatic carboxylic acids is 1. The number of hydrogen-bond acceptors (Lipinski definition) is 7. The van der Waals surface area contributed by atoms with Crippen molar-refractivity contribution in [1.29, 1.82) is 0 Å². The number of anilines is 1. The molecule has 4 rings (SSSR count). The normalized spacial score (nSPS) is 18.5. The fourth-order valence-corrected chi connectivity index (χ4v) is 3.49. The molecule has 31 heavy (non-hydrogen) atoms. The Morgan fingerprint density at radius 2 is 1.71 bits per heavy atom. The van der Waals surface area contributed by atoms with E-state index < -0.39 is 17.9 Å². The zero-order valence-electron chi connectivity index (χ0n) is 16.9. The highest BCUT2D eigenvalue weighted by molar-refractivity contribution is 6.27. The van der Waals surface area contributed by atoms with E-state index in [1.807, 2.05) is 43.4 Å². The molecule has 1 fully saturated rings. The molecule has 2 heterocycles. The lowest BCUT2D eigenvalue weighted by Gasteiger charge is -2.24. The van der Waals surface area contributed by atoms with Crippen molar-refractivity contribution < 1.29 is 39.3 Å². The number of ether oxygens (including phenoxy) is 1. The molecule has 3 N–H and O–H groups in total. The maximum atomic E-state index is 11.4. The van der Waals surface area contributed by atoms with Gasteiger partial charge in [-0.05, 0) is 38.4 Å². The van der Waals surface area contributed by atoms with E-state index in [0.717, 1.165) is 24.3 Å². The van der Waals surface area contributed by atoms with Crippen molar-refractivity contribution in [1.82, 2.24) is 4.90 Å². The Morgan fingerprint density at radius 1 is 1.03 bits per heavy atom. The second-order valence-electron chi connectivity index (χ2n) is 7.30. The van der Waals surface area contributed by atoms with Crippen molar-refractivity contribution in [2.75, 3.05) is 25.7 Å². The Balaban J connectivity index is 0.000000401. The number of carboxylic acid groups (broad SMARTS) is 3. The summed E-state index contributed by atoms with van der Waals surface area (Å²) in [6.45, 7) is 0.796. The average Bonchev–Trinajstić information content (AvgIpc) is 3.06. The molecule has 0 radical (unpaired) electrons. The molecule has 10 heteroatoms. The van der Waals surface area contributed by atoms with Gasteiger partial charge in [-0.1, -0.05) is 18.2 Å². The van der Waals surface area contributed by atoms with E-state index in [0.29, 0.717) is 11.4 Å². The predicted octanol–water partition coefficient (Wildman–Crippen LogP) is 2.46.